The fourth-order valence-corrected chi connectivity index (χ4v) is 3.04. The molecule has 0 aliphatic heterocycles. The average Bonchev–Trinajstić information content (AvgIpc) is 3.49. The van der Waals surface area contributed by atoms with Crippen LogP contribution in [0.4, 0.5) is 15.9 Å². The predicted molar refractivity (Wildman–Crippen MR) is 106 cm³/mol. The summed E-state index contributed by atoms with van der Waals surface area (Å²) in [5, 5.41) is 16.9. The van der Waals surface area contributed by atoms with Gasteiger partial charge in [-0.05, 0) is 60.0 Å². The van der Waals surface area contributed by atoms with Gasteiger partial charge in [-0.1, -0.05) is 12.1 Å². The van der Waals surface area contributed by atoms with E-state index in [4.69, 9.17) is 0 Å². The lowest BCUT2D eigenvalue weighted by atomic mass is 10.0. The molecule has 1 atom stereocenters. The van der Waals surface area contributed by atoms with E-state index in [2.05, 4.69) is 31.1 Å². The fourth-order valence-electron chi connectivity index (χ4n) is 3.04. The molecule has 4 rings (SSSR count). The zero-order valence-corrected chi connectivity index (χ0v) is 16.2. The summed E-state index contributed by atoms with van der Waals surface area (Å²) in [6, 6.07) is 8.54. The zero-order chi connectivity index (χ0) is 21.1. The molecule has 1 saturated carbocycles. The molecule has 0 spiro atoms. The molecule has 2 aromatic heterocycles. The first-order valence-corrected chi connectivity index (χ1v) is 9.56. The van der Waals surface area contributed by atoms with Crippen molar-refractivity contribution < 1.29 is 14.0 Å². The quantitative estimate of drug-likeness (QED) is 0.619. The highest BCUT2D eigenvalue weighted by Gasteiger charge is 2.30. The van der Waals surface area contributed by atoms with Gasteiger partial charge in [-0.25, -0.2) is 14.1 Å². The Morgan fingerprint density at radius 2 is 2.07 bits per heavy atom. The SMILES string of the molecule is Cc1nnnn1C(Cc1cccc(F)c1)C(=O)Nc1ccc(NC(=O)C2CC2)nc1. The number of aromatic nitrogens is 5. The van der Waals surface area contributed by atoms with Gasteiger partial charge in [-0.15, -0.1) is 5.10 Å². The molecule has 1 fully saturated rings. The predicted octanol–water partition coefficient (Wildman–Crippen LogP) is 2.29. The maximum atomic E-state index is 13.6. The van der Waals surface area contributed by atoms with Crippen molar-refractivity contribution in [1.29, 1.82) is 0 Å². The number of aryl methyl sites for hydroxylation is 1. The Morgan fingerprint density at radius 3 is 2.70 bits per heavy atom. The number of carbonyl (C=O) groups excluding carboxylic acids is 2. The first-order chi connectivity index (χ1) is 14.5. The standard InChI is InChI=1S/C20H20FN7O2/c1-12-25-26-27-28(12)17(10-13-3-2-4-15(21)9-13)20(30)23-16-7-8-18(22-11-16)24-19(29)14-5-6-14/h2-4,7-9,11,14,17H,5-6,10H2,1H3,(H,23,30)(H,22,24,29). The highest BCUT2D eigenvalue weighted by molar-refractivity contribution is 5.95. The van der Waals surface area contributed by atoms with Gasteiger partial charge in [0.15, 0.2) is 0 Å². The summed E-state index contributed by atoms with van der Waals surface area (Å²) < 4.78 is 15.0. The minimum absolute atomic E-state index is 0.0383. The molecule has 0 saturated heterocycles. The Bertz CT molecular complexity index is 1060. The topological polar surface area (TPSA) is 115 Å². The van der Waals surface area contributed by atoms with Crippen LogP contribution < -0.4 is 10.6 Å². The lowest BCUT2D eigenvalue weighted by molar-refractivity contribution is -0.119. The van der Waals surface area contributed by atoms with Gasteiger partial charge < -0.3 is 10.6 Å². The van der Waals surface area contributed by atoms with Crippen molar-refractivity contribution in [2.75, 3.05) is 10.6 Å². The molecule has 154 valence electrons. The lowest BCUT2D eigenvalue weighted by Crippen LogP contribution is -2.29. The maximum Gasteiger partial charge on any atom is 0.249 e. The van der Waals surface area contributed by atoms with Crippen molar-refractivity contribution in [3.63, 3.8) is 0 Å². The van der Waals surface area contributed by atoms with E-state index in [9.17, 15) is 14.0 Å². The third-order valence-electron chi connectivity index (χ3n) is 4.80. The van der Waals surface area contributed by atoms with Gasteiger partial charge in [0.05, 0.1) is 11.9 Å². The number of tetrazole rings is 1. The molecule has 30 heavy (non-hydrogen) atoms. The normalized spacial score (nSPS) is 14.2. The molecule has 9 nitrogen and oxygen atoms in total. The highest BCUT2D eigenvalue weighted by Crippen LogP contribution is 2.30. The summed E-state index contributed by atoms with van der Waals surface area (Å²) in [7, 11) is 0. The van der Waals surface area contributed by atoms with Crippen molar-refractivity contribution in [3.05, 3.63) is 59.8 Å². The van der Waals surface area contributed by atoms with Gasteiger partial charge >= 0.3 is 0 Å². The summed E-state index contributed by atoms with van der Waals surface area (Å²) in [5.41, 5.74) is 1.10. The molecular weight excluding hydrogens is 389 g/mol. The molecule has 1 aliphatic rings. The van der Waals surface area contributed by atoms with Crippen LogP contribution in [0.15, 0.2) is 42.6 Å². The minimum Gasteiger partial charge on any atom is -0.323 e. The van der Waals surface area contributed by atoms with E-state index in [1.807, 2.05) is 0 Å². The average molecular weight is 409 g/mol. The second kappa shape index (κ2) is 8.36. The number of hydrogen-bond acceptors (Lipinski definition) is 6. The van der Waals surface area contributed by atoms with Crippen molar-refractivity contribution >= 4 is 23.3 Å². The maximum absolute atomic E-state index is 13.6. The van der Waals surface area contributed by atoms with Gasteiger partial charge in [0.25, 0.3) is 0 Å². The number of nitrogens with one attached hydrogen (secondary N) is 2. The number of pyridine rings is 1. The summed E-state index contributed by atoms with van der Waals surface area (Å²) in [6.45, 7) is 1.69. The van der Waals surface area contributed by atoms with Crippen LogP contribution in [0.3, 0.4) is 0 Å². The summed E-state index contributed by atoms with van der Waals surface area (Å²) >= 11 is 0. The van der Waals surface area contributed by atoms with Crippen LogP contribution in [0, 0.1) is 18.7 Å². The Kier molecular flexibility index (Phi) is 5.46. The van der Waals surface area contributed by atoms with E-state index >= 15 is 0 Å². The third kappa shape index (κ3) is 4.65. The Labute approximate surface area is 171 Å². The van der Waals surface area contributed by atoms with Gasteiger partial charge in [-0.2, -0.15) is 0 Å². The molecule has 2 amide bonds. The number of carbonyl (C=O) groups is 2. The smallest absolute Gasteiger partial charge is 0.249 e. The molecular formula is C20H20FN7O2. The molecule has 1 unspecified atom stereocenters. The van der Waals surface area contributed by atoms with Gasteiger partial charge in [0.1, 0.15) is 23.5 Å². The number of amides is 2. The van der Waals surface area contributed by atoms with Gasteiger partial charge in [0.2, 0.25) is 11.8 Å². The summed E-state index contributed by atoms with van der Waals surface area (Å²) in [5.74, 6) is 0.178. The number of anilines is 2. The summed E-state index contributed by atoms with van der Waals surface area (Å²) in [4.78, 5) is 29.0. The van der Waals surface area contributed by atoms with Crippen LogP contribution in [-0.4, -0.2) is 37.0 Å². The molecule has 2 N–H and O–H groups in total. The largest absolute Gasteiger partial charge is 0.323 e. The Morgan fingerprint density at radius 1 is 1.23 bits per heavy atom. The van der Waals surface area contributed by atoms with Crippen LogP contribution in [0.5, 0.6) is 0 Å². The molecule has 10 heteroatoms. The van der Waals surface area contributed by atoms with Crippen molar-refractivity contribution in [1.82, 2.24) is 25.2 Å². The highest BCUT2D eigenvalue weighted by atomic mass is 19.1. The van der Waals surface area contributed by atoms with E-state index in [-0.39, 0.29) is 30.0 Å². The van der Waals surface area contributed by atoms with Crippen LogP contribution in [0.2, 0.25) is 0 Å². The van der Waals surface area contributed by atoms with Crippen LogP contribution >= 0.6 is 0 Å². The van der Waals surface area contributed by atoms with Crippen LogP contribution in [-0.2, 0) is 16.0 Å². The first-order valence-electron chi connectivity index (χ1n) is 9.56. The van der Waals surface area contributed by atoms with Crippen LogP contribution in [0.25, 0.3) is 0 Å². The minimum atomic E-state index is -0.781. The van der Waals surface area contributed by atoms with E-state index in [1.165, 1.54) is 23.0 Å². The second-order valence-corrected chi connectivity index (χ2v) is 7.21. The monoisotopic (exact) mass is 409 g/mol. The second-order valence-electron chi connectivity index (χ2n) is 7.21. The van der Waals surface area contributed by atoms with Crippen LogP contribution in [0.1, 0.15) is 30.3 Å². The van der Waals surface area contributed by atoms with Gasteiger partial charge in [-0.3, -0.25) is 9.59 Å². The number of halogens is 1. The Balaban J connectivity index is 1.48. The van der Waals surface area contributed by atoms with E-state index in [0.29, 0.717) is 22.9 Å². The van der Waals surface area contributed by atoms with E-state index in [1.54, 1.807) is 31.2 Å². The number of hydrogen-bond donors (Lipinski definition) is 2. The van der Waals surface area contributed by atoms with Crippen molar-refractivity contribution in [2.45, 2.75) is 32.2 Å². The number of rotatable bonds is 7. The zero-order valence-electron chi connectivity index (χ0n) is 16.2. The summed E-state index contributed by atoms with van der Waals surface area (Å²) in [6.07, 6.45) is 3.48. The van der Waals surface area contributed by atoms with E-state index < -0.39 is 6.04 Å². The molecule has 2 heterocycles. The first kappa shape index (κ1) is 19.6. The molecule has 0 radical (unpaired) electrons. The fraction of sp³-hybridized carbons (Fsp3) is 0.300. The molecule has 1 aromatic carbocycles. The van der Waals surface area contributed by atoms with Crippen molar-refractivity contribution in [3.8, 4) is 0 Å². The van der Waals surface area contributed by atoms with Gasteiger partial charge in [0, 0.05) is 12.3 Å². The van der Waals surface area contributed by atoms with Crippen molar-refractivity contribution in [2.24, 2.45) is 5.92 Å². The van der Waals surface area contributed by atoms with E-state index in [0.717, 1.165) is 12.8 Å². The lowest BCUT2D eigenvalue weighted by Gasteiger charge is -2.17. The molecule has 0 bridgehead atoms. The molecule has 3 aromatic rings. The number of benzene rings is 1. The third-order valence-corrected chi connectivity index (χ3v) is 4.80. The molecule has 1 aliphatic carbocycles. The number of nitrogens with zero attached hydrogens (tertiary/aromatic N) is 5. The Hall–Kier alpha value is -3.69.